The number of hydrogen-bond donors (Lipinski definition) is 1. The van der Waals surface area contributed by atoms with Crippen LogP contribution in [-0.4, -0.2) is 31.7 Å². The van der Waals surface area contributed by atoms with Gasteiger partial charge in [0.25, 0.3) is 5.91 Å². The predicted molar refractivity (Wildman–Crippen MR) is 126 cm³/mol. The molecule has 3 rings (SSSR count). The highest BCUT2D eigenvalue weighted by Gasteiger charge is 2.16. The average molecular weight is 470 g/mol. The number of anilines is 1. The number of rotatable bonds is 10. The fraction of sp³-hybridized carbons (Fsp3) is 0.200. The van der Waals surface area contributed by atoms with Crippen LogP contribution in [0.2, 0.25) is 5.02 Å². The Morgan fingerprint density at radius 3 is 2.27 bits per heavy atom. The Morgan fingerprint density at radius 1 is 0.848 bits per heavy atom. The van der Waals surface area contributed by atoms with Gasteiger partial charge in [0.2, 0.25) is 0 Å². The fourth-order valence-electron chi connectivity index (χ4n) is 2.88. The molecule has 0 atom stereocenters. The van der Waals surface area contributed by atoms with Crippen molar-refractivity contribution in [2.75, 3.05) is 25.1 Å². The zero-order valence-electron chi connectivity index (χ0n) is 18.3. The van der Waals surface area contributed by atoms with E-state index in [9.17, 15) is 9.59 Å². The molecule has 0 heterocycles. The van der Waals surface area contributed by atoms with Crippen molar-refractivity contribution in [1.82, 2.24) is 0 Å². The number of nitrogens with one attached hydrogen (secondary N) is 1. The van der Waals surface area contributed by atoms with Gasteiger partial charge in [-0.05, 0) is 62.4 Å². The lowest BCUT2D eigenvalue weighted by molar-refractivity contribution is -0.119. The molecule has 0 aromatic heterocycles. The van der Waals surface area contributed by atoms with E-state index in [0.717, 1.165) is 0 Å². The number of para-hydroxylation sites is 1. The molecule has 0 fully saturated rings. The summed E-state index contributed by atoms with van der Waals surface area (Å²) < 4.78 is 22.0. The number of ether oxygens (including phenoxy) is 4. The van der Waals surface area contributed by atoms with Crippen LogP contribution in [0.4, 0.5) is 5.69 Å². The molecule has 0 saturated carbocycles. The number of amides is 1. The van der Waals surface area contributed by atoms with E-state index >= 15 is 0 Å². The predicted octanol–water partition coefficient (Wildman–Crippen LogP) is 5.73. The molecule has 1 N–H and O–H groups in total. The zero-order chi connectivity index (χ0) is 23.6. The maximum atomic E-state index is 12.4. The molecule has 0 aliphatic rings. The first kappa shape index (κ1) is 23.9. The van der Waals surface area contributed by atoms with Gasteiger partial charge in [0.05, 0.1) is 24.5 Å². The molecule has 3 aromatic carbocycles. The molecular weight excluding hydrogens is 446 g/mol. The summed E-state index contributed by atoms with van der Waals surface area (Å²) in [5.74, 6) is 0.751. The van der Waals surface area contributed by atoms with Crippen molar-refractivity contribution in [3.63, 3.8) is 0 Å². The third kappa shape index (κ3) is 6.89. The van der Waals surface area contributed by atoms with Crippen molar-refractivity contribution < 1.29 is 28.5 Å². The van der Waals surface area contributed by atoms with Gasteiger partial charge in [-0.1, -0.05) is 29.8 Å². The number of esters is 1. The summed E-state index contributed by atoms with van der Waals surface area (Å²) in [6.45, 7) is 4.06. The van der Waals surface area contributed by atoms with Gasteiger partial charge in [-0.15, -0.1) is 0 Å². The quantitative estimate of drug-likeness (QED) is 0.382. The van der Waals surface area contributed by atoms with Crippen LogP contribution in [0.25, 0.3) is 0 Å². The van der Waals surface area contributed by atoms with Crippen molar-refractivity contribution in [1.29, 1.82) is 0 Å². The summed E-state index contributed by atoms with van der Waals surface area (Å²) in [5, 5.41) is 3.08. The SMILES string of the molecule is CCOc1ccc(C(=O)OCC(=O)Nc2cc(Cl)ccc2Oc2ccccc2)cc1OCC. The number of hydrogen-bond acceptors (Lipinski definition) is 6. The van der Waals surface area contributed by atoms with Gasteiger partial charge in [-0.25, -0.2) is 4.79 Å². The normalized spacial score (nSPS) is 10.3. The molecule has 0 radical (unpaired) electrons. The van der Waals surface area contributed by atoms with Gasteiger partial charge in [0.15, 0.2) is 23.9 Å². The Hall–Kier alpha value is -3.71. The summed E-state index contributed by atoms with van der Waals surface area (Å²) in [6, 6.07) is 18.7. The summed E-state index contributed by atoms with van der Waals surface area (Å²) in [6.07, 6.45) is 0. The second kappa shape index (κ2) is 11.8. The Morgan fingerprint density at radius 2 is 1.55 bits per heavy atom. The maximum absolute atomic E-state index is 12.4. The first-order valence-electron chi connectivity index (χ1n) is 10.4. The van der Waals surface area contributed by atoms with Gasteiger partial charge in [-0.3, -0.25) is 4.79 Å². The second-order valence-corrected chi connectivity index (χ2v) is 7.14. The topological polar surface area (TPSA) is 83.1 Å². The average Bonchev–Trinajstić information content (AvgIpc) is 2.81. The van der Waals surface area contributed by atoms with Gasteiger partial charge >= 0.3 is 5.97 Å². The number of halogens is 1. The van der Waals surface area contributed by atoms with Crippen LogP contribution in [0.3, 0.4) is 0 Å². The van der Waals surface area contributed by atoms with Gasteiger partial charge in [-0.2, -0.15) is 0 Å². The van der Waals surface area contributed by atoms with E-state index in [0.29, 0.717) is 46.9 Å². The minimum atomic E-state index is -0.666. The smallest absolute Gasteiger partial charge is 0.338 e. The van der Waals surface area contributed by atoms with E-state index in [4.69, 9.17) is 30.5 Å². The van der Waals surface area contributed by atoms with Crippen LogP contribution >= 0.6 is 11.6 Å². The minimum Gasteiger partial charge on any atom is -0.490 e. The molecule has 0 spiro atoms. The minimum absolute atomic E-state index is 0.241. The van der Waals surface area contributed by atoms with Crippen LogP contribution in [0, 0.1) is 0 Å². The van der Waals surface area contributed by atoms with Crippen molar-refractivity contribution >= 4 is 29.2 Å². The summed E-state index contributed by atoms with van der Waals surface area (Å²) in [5.41, 5.74) is 0.595. The number of carbonyl (C=O) groups excluding carboxylic acids is 2. The molecular formula is C25H24ClNO6. The lowest BCUT2D eigenvalue weighted by Gasteiger charge is -2.14. The molecule has 1 amide bonds. The Balaban J connectivity index is 1.64. The third-order valence-electron chi connectivity index (χ3n) is 4.30. The highest BCUT2D eigenvalue weighted by Crippen LogP contribution is 2.32. The second-order valence-electron chi connectivity index (χ2n) is 6.71. The molecule has 3 aromatic rings. The first-order chi connectivity index (χ1) is 16.0. The molecule has 172 valence electrons. The first-order valence-corrected chi connectivity index (χ1v) is 10.8. The highest BCUT2D eigenvalue weighted by molar-refractivity contribution is 6.31. The van der Waals surface area contributed by atoms with E-state index in [-0.39, 0.29) is 5.56 Å². The van der Waals surface area contributed by atoms with E-state index in [1.165, 1.54) is 6.07 Å². The molecule has 7 nitrogen and oxygen atoms in total. The van der Waals surface area contributed by atoms with Crippen molar-refractivity contribution in [3.05, 3.63) is 77.3 Å². The van der Waals surface area contributed by atoms with Gasteiger partial charge in [0, 0.05) is 5.02 Å². The molecule has 8 heteroatoms. The Kier molecular flexibility index (Phi) is 8.55. The fourth-order valence-corrected chi connectivity index (χ4v) is 3.06. The van der Waals surface area contributed by atoms with E-state index in [2.05, 4.69) is 5.32 Å². The van der Waals surface area contributed by atoms with Crippen LogP contribution < -0.4 is 19.5 Å². The summed E-state index contributed by atoms with van der Waals surface area (Å²) in [4.78, 5) is 24.9. The highest BCUT2D eigenvalue weighted by atomic mass is 35.5. The maximum Gasteiger partial charge on any atom is 0.338 e. The number of benzene rings is 3. The Labute approximate surface area is 197 Å². The van der Waals surface area contributed by atoms with Crippen LogP contribution in [0.5, 0.6) is 23.0 Å². The number of carbonyl (C=O) groups is 2. The van der Waals surface area contributed by atoms with E-state index in [1.807, 2.05) is 32.0 Å². The molecule has 0 aliphatic heterocycles. The monoisotopic (exact) mass is 469 g/mol. The van der Waals surface area contributed by atoms with Crippen molar-refractivity contribution in [2.24, 2.45) is 0 Å². The largest absolute Gasteiger partial charge is 0.490 e. The van der Waals surface area contributed by atoms with Gasteiger partial charge < -0.3 is 24.3 Å². The molecule has 0 aliphatic carbocycles. The zero-order valence-corrected chi connectivity index (χ0v) is 19.1. The standard InChI is InChI=1S/C25H24ClNO6/c1-3-30-22-12-10-17(14-23(22)31-4-2)25(29)32-16-24(28)27-20-15-18(26)11-13-21(20)33-19-8-6-5-7-9-19/h5-15H,3-4,16H2,1-2H3,(H,27,28). The summed E-state index contributed by atoms with van der Waals surface area (Å²) >= 11 is 6.07. The lowest BCUT2D eigenvalue weighted by atomic mass is 10.2. The van der Waals surface area contributed by atoms with Gasteiger partial charge in [0.1, 0.15) is 5.75 Å². The van der Waals surface area contributed by atoms with Crippen LogP contribution in [-0.2, 0) is 9.53 Å². The molecule has 0 unspecified atom stereocenters. The van der Waals surface area contributed by atoms with Crippen LogP contribution in [0.1, 0.15) is 24.2 Å². The van der Waals surface area contributed by atoms with Crippen LogP contribution in [0.15, 0.2) is 66.7 Å². The molecule has 0 saturated heterocycles. The molecule has 33 heavy (non-hydrogen) atoms. The summed E-state index contributed by atoms with van der Waals surface area (Å²) in [7, 11) is 0. The van der Waals surface area contributed by atoms with E-state index < -0.39 is 18.5 Å². The third-order valence-corrected chi connectivity index (χ3v) is 4.54. The van der Waals surface area contributed by atoms with Crippen molar-refractivity contribution in [2.45, 2.75) is 13.8 Å². The van der Waals surface area contributed by atoms with Crippen molar-refractivity contribution in [3.8, 4) is 23.0 Å². The lowest BCUT2D eigenvalue weighted by Crippen LogP contribution is -2.21. The molecule has 0 bridgehead atoms. The van der Waals surface area contributed by atoms with E-state index in [1.54, 1.807) is 42.5 Å². The Bertz CT molecular complexity index is 1100.